The fraction of sp³-hybridized carbons (Fsp3) is 0.667. The predicted molar refractivity (Wildman–Crippen MR) is 66.4 cm³/mol. The number of nitrogens with two attached hydrogens (primary N) is 1. The summed E-state index contributed by atoms with van der Waals surface area (Å²) in [6.07, 6.45) is 2.16. The highest BCUT2D eigenvalue weighted by Crippen LogP contribution is 2.23. The summed E-state index contributed by atoms with van der Waals surface area (Å²) in [5.74, 6) is 2.62. The van der Waals surface area contributed by atoms with Crippen LogP contribution in [0.3, 0.4) is 0 Å². The van der Waals surface area contributed by atoms with Crippen molar-refractivity contribution >= 4 is 12.4 Å². The lowest BCUT2D eigenvalue weighted by Crippen LogP contribution is -2.10. The molecule has 0 amide bonds. The molecule has 0 saturated heterocycles. The molecule has 0 saturated carbocycles. The minimum atomic E-state index is 0. The Labute approximate surface area is 98.6 Å². The van der Waals surface area contributed by atoms with Crippen LogP contribution < -0.4 is 5.73 Å². The van der Waals surface area contributed by atoms with Crippen molar-refractivity contribution in [3.05, 3.63) is 23.2 Å². The third kappa shape index (κ3) is 4.27. The highest BCUT2D eigenvalue weighted by Gasteiger charge is 2.12. The summed E-state index contributed by atoms with van der Waals surface area (Å²) >= 11 is 0. The van der Waals surface area contributed by atoms with Crippen LogP contribution in [-0.4, -0.2) is 0 Å². The molecule has 1 aromatic rings. The fourth-order valence-electron chi connectivity index (χ4n) is 1.44. The van der Waals surface area contributed by atoms with E-state index in [9.17, 15) is 0 Å². The SMILES string of the molecule is Cc1cc([C@H](N)CCC(C)C)oc1C.Cl. The Morgan fingerprint density at radius 3 is 2.27 bits per heavy atom. The second-order valence-corrected chi connectivity index (χ2v) is 4.47. The zero-order chi connectivity index (χ0) is 10.7. The first kappa shape index (κ1) is 14.5. The molecule has 1 rings (SSSR count). The largest absolute Gasteiger partial charge is 0.464 e. The van der Waals surface area contributed by atoms with Crippen molar-refractivity contribution in [2.24, 2.45) is 11.7 Å². The molecule has 3 heteroatoms. The number of hydrogen-bond acceptors (Lipinski definition) is 2. The van der Waals surface area contributed by atoms with Crippen molar-refractivity contribution in [1.82, 2.24) is 0 Å². The van der Waals surface area contributed by atoms with Crippen LogP contribution in [0, 0.1) is 19.8 Å². The van der Waals surface area contributed by atoms with Gasteiger partial charge >= 0.3 is 0 Å². The van der Waals surface area contributed by atoms with Gasteiger partial charge in [0.1, 0.15) is 11.5 Å². The zero-order valence-electron chi connectivity index (χ0n) is 10.0. The van der Waals surface area contributed by atoms with Crippen molar-refractivity contribution in [2.75, 3.05) is 0 Å². The van der Waals surface area contributed by atoms with Crippen LogP contribution in [0.5, 0.6) is 0 Å². The van der Waals surface area contributed by atoms with E-state index in [-0.39, 0.29) is 18.4 Å². The lowest BCUT2D eigenvalue weighted by Gasteiger charge is -2.10. The van der Waals surface area contributed by atoms with Gasteiger partial charge < -0.3 is 10.2 Å². The molecular formula is C12H22ClNO. The summed E-state index contributed by atoms with van der Waals surface area (Å²) < 4.78 is 5.58. The van der Waals surface area contributed by atoms with E-state index in [1.165, 1.54) is 5.56 Å². The van der Waals surface area contributed by atoms with Gasteiger partial charge in [-0.05, 0) is 44.2 Å². The standard InChI is InChI=1S/C12H21NO.ClH/c1-8(2)5-6-11(13)12-7-9(3)10(4)14-12;/h7-8,11H,5-6,13H2,1-4H3;1H/t11-;/m1./s1. The summed E-state index contributed by atoms with van der Waals surface area (Å²) in [5, 5.41) is 0. The molecule has 0 spiro atoms. The molecule has 0 bridgehead atoms. The van der Waals surface area contributed by atoms with Gasteiger partial charge in [-0.2, -0.15) is 0 Å². The first-order valence-corrected chi connectivity index (χ1v) is 5.33. The molecule has 0 aliphatic rings. The lowest BCUT2D eigenvalue weighted by atomic mass is 10.0. The van der Waals surface area contributed by atoms with E-state index in [1.54, 1.807) is 0 Å². The average molecular weight is 232 g/mol. The Hall–Kier alpha value is -0.470. The molecule has 1 aromatic heterocycles. The molecule has 0 aromatic carbocycles. The van der Waals surface area contributed by atoms with E-state index >= 15 is 0 Å². The van der Waals surface area contributed by atoms with E-state index in [2.05, 4.69) is 26.8 Å². The summed E-state index contributed by atoms with van der Waals surface area (Å²) in [7, 11) is 0. The van der Waals surface area contributed by atoms with Crippen LogP contribution in [0.4, 0.5) is 0 Å². The predicted octanol–water partition coefficient (Wildman–Crippen LogP) is 3.75. The Balaban J connectivity index is 0.00000196. The molecule has 88 valence electrons. The van der Waals surface area contributed by atoms with Gasteiger partial charge in [-0.15, -0.1) is 12.4 Å². The number of rotatable bonds is 4. The van der Waals surface area contributed by atoms with Crippen molar-refractivity contribution in [3.8, 4) is 0 Å². The Morgan fingerprint density at radius 2 is 1.87 bits per heavy atom. The van der Waals surface area contributed by atoms with Gasteiger partial charge in [-0.25, -0.2) is 0 Å². The van der Waals surface area contributed by atoms with E-state index in [0.717, 1.165) is 24.4 Å². The quantitative estimate of drug-likeness (QED) is 0.857. The van der Waals surface area contributed by atoms with Crippen LogP contribution in [0.15, 0.2) is 10.5 Å². The maximum absolute atomic E-state index is 6.03. The number of furan rings is 1. The summed E-state index contributed by atoms with van der Waals surface area (Å²) in [5.41, 5.74) is 7.23. The summed E-state index contributed by atoms with van der Waals surface area (Å²) in [6, 6.07) is 2.12. The van der Waals surface area contributed by atoms with Crippen LogP contribution in [-0.2, 0) is 0 Å². The molecule has 0 aliphatic carbocycles. The second kappa shape index (κ2) is 6.19. The zero-order valence-corrected chi connectivity index (χ0v) is 10.9. The first-order valence-electron chi connectivity index (χ1n) is 5.33. The molecule has 0 radical (unpaired) electrons. The number of halogens is 1. The van der Waals surface area contributed by atoms with Gasteiger partial charge in [-0.3, -0.25) is 0 Å². The third-order valence-corrected chi connectivity index (χ3v) is 2.61. The van der Waals surface area contributed by atoms with Gasteiger partial charge in [0, 0.05) is 0 Å². The van der Waals surface area contributed by atoms with E-state index < -0.39 is 0 Å². The maximum Gasteiger partial charge on any atom is 0.121 e. The van der Waals surface area contributed by atoms with Crippen molar-refractivity contribution in [2.45, 2.75) is 46.6 Å². The molecule has 0 aliphatic heterocycles. The summed E-state index contributed by atoms with van der Waals surface area (Å²) in [6.45, 7) is 8.46. The minimum absolute atomic E-state index is 0. The molecule has 2 N–H and O–H groups in total. The number of aryl methyl sites for hydroxylation is 2. The molecule has 15 heavy (non-hydrogen) atoms. The minimum Gasteiger partial charge on any atom is -0.464 e. The normalized spacial score (nSPS) is 12.7. The molecule has 1 atom stereocenters. The fourth-order valence-corrected chi connectivity index (χ4v) is 1.44. The van der Waals surface area contributed by atoms with Crippen LogP contribution in [0.2, 0.25) is 0 Å². The van der Waals surface area contributed by atoms with E-state index in [1.807, 2.05) is 6.92 Å². The van der Waals surface area contributed by atoms with E-state index in [4.69, 9.17) is 10.2 Å². The number of hydrogen-bond donors (Lipinski definition) is 1. The van der Waals surface area contributed by atoms with Crippen LogP contribution in [0.1, 0.15) is 49.8 Å². The highest BCUT2D eigenvalue weighted by atomic mass is 35.5. The van der Waals surface area contributed by atoms with Gasteiger partial charge in [0.25, 0.3) is 0 Å². The Morgan fingerprint density at radius 1 is 1.27 bits per heavy atom. The molecule has 0 unspecified atom stereocenters. The molecule has 2 nitrogen and oxygen atoms in total. The topological polar surface area (TPSA) is 39.2 Å². The maximum atomic E-state index is 6.03. The molecule has 0 fully saturated rings. The van der Waals surface area contributed by atoms with Crippen molar-refractivity contribution < 1.29 is 4.42 Å². The van der Waals surface area contributed by atoms with Gasteiger partial charge in [0.2, 0.25) is 0 Å². The van der Waals surface area contributed by atoms with Crippen molar-refractivity contribution in [3.63, 3.8) is 0 Å². The molecular weight excluding hydrogens is 210 g/mol. The Kier molecular flexibility index (Phi) is 5.99. The summed E-state index contributed by atoms with van der Waals surface area (Å²) in [4.78, 5) is 0. The Bertz CT molecular complexity index is 274. The van der Waals surface area contributed by atoms with E-state index in [0.29, 0.717) is 5.92 Å². The second-order valence-electron chi connectivity index (χ2n) is 4.47. The van der Waals surface area contributed by atoms with Crippen LogP contribution >= 0.6 is 12.4 Å². The highest BCUT2D eigenvalue weighted by molar-refractivity contribution is 5.85. The van der Waals surface area contributed by atoms with Crippen LogP contribution in [0.25, 0.3) is 0 Å². The third-order valence-electron chi connectivity index (χ3n) is 2.61. The van der Waals surface area contributed by atoms with Gasteiger partial charge in [0.05, 0.1) is 6.04 Å². The smallest absolute Gasteiger partial charge is 0.121 e. The monoisotopic (exact) mass is 231 g/mol. The lowest BCUT2D eigenvalue weighted by molar-refractivity contribution is 0.411. The van der Waals surface area contributed by atoms with Gasteiger partial charge in [0.15, 0.2) is 0 Å². The van der Waals surface area contributed by atoms with Gasteiger partial charge in [-0.1, -0.05) is 13.8 Å². The average Bonchev–Trinajstić information content (AvgIpc) is 2.43. The molecule has 1 heterocycles. The first-order chi connectivity index (χ1) is 6.50. The van der Waals surface area contributed by atoms with Crippen molar-refractivity contribution in [1.29, 1.82) is 0 Å².